The van der Waals surface area contributed by atoms with Crippen LogP contribution in [0.5, 0.6) is 11.5 Å². The molecule has 0 saturated carbocycles. The number of hydrogen-bond donors (Lipinski definition) is 1. The summed E-state index contributed by atoms with van der Waals surface area (Å²) in [4.78, 5) is 26.7. The Morgan fingerprint density at radius 1 is 1.06 bits per heavy atom. The van der Waals surface area contributed by atoms with Crippen molar-refractivity contribution in [2.45, 2.75) is 13.3 Å². The van der Waals surface area contributed by atoms with Gasteiger partial charge in [-0.25, -0.2) is 0 Å². The Hall–Kier alpha value is -3.80. The quantitative estimate of drug-likeness (QED) is 0.578. The molecule has 2 amide bonds. The van der Waals surface area contributed by atoms with Crippen molar-refractivity contribution in [1.82, 2.24) is 0 Å². The Kier molecular flexibility index (Phi) is 6.17. The molecule has 0 atom stereocenters. The summed E-state index contributed by atoms with van der Waals surface area (Å²) in [6.07, 6.45) is 0.667. The molecule has 0 aliphatic carbocycles. The van der Waals surface area contributed by atoms with Crippen molar-refractivity contribution in [2.75, 3.05) is 30.0 Å². The van der Waals surface area contributed by atoms with Crippen molar-refractivity contribution in [2.24, 2.45) is 0 Å². The maximum absolute atomic E-state index is 12.5. The normalized spacial score (nSPS) is 12.7. The number of anilines is 2. The number of carbonyl (C=O) groups is 2. The topological polar surface area (TPSA) is 67.9 Å². The molecule has 0 radical (unpaired) electrons. The summed E-state index contributed by atoms with van der Waals surface area (Å²) in [5, 5.41) is 2.89. The summed E-state index contributed by atoms with van der Waals surface area (Å²) < 4.78 is 11.3. The van der Waals surface area contributed by atoms with E-state index >= 15 is 0 Å². The zero-order valence-electron chi connectivity index (χ0n) is 17.3. The van der Waals surface area contributed by atoms with Gasteiger partial charge in [0.05, 0.1) is 12.3 Å². The molecule has 0 spiro atoms. The molecule has 3 aromatic rings. The lowest BCUT2D eigenvalue weighted by Gasteiger charge is -2.30. The van der Waals surface area contributed by atoms with Gasteiger partial charge in [-0.3, -0.25) is 9.59 Å². The molecule has 0 aromatic heterocycles. The van der Waals surface area contributed by atoms with Crippen LogP contribution in [0.15, 0.2) is 72.8 Å². The summed E-state index contributed by atoms with van der Waals surface area (Å²) >= 11 is 0. The molecule has 6 heteroatoms. The summed E-state index contributed by atoms with van der Waals surface area (Å²) in [6.45, 7) is 2.97. The highest BCUT2D eigenvalue weighted by atomic mass is 16.5. The predicted octanol–water partition coefficient (Wildman–Crippen LogP) is 4.44. The SMILES string of the molecule is Cc1ccc(C(=O)Nc2ccc3c(c2)N(CCCOc2ccccc2)C(=O)CO3)cc1. The van der Waals surface area contributed by atoms with Gasteiger partial charge < -0.3 is 19.7 Å². The molecular weight excluding hydrogens is 392 g/mol. The number of fused-ring (bicyclic) bond motifs is 1. The molecular formula is C25H24N2O4. The second kappa shape index (κ2) is 9.34. The zero-order chi connectivity index (χ0) is 21.6. The number of benzene rings is 3. The van der Waals surface area contributed by atoms with Gasteiger partial charge in [0.25, 0.3) is 11.8 Å². The lowest BCUT2D eigenvalue weighted by atomic mass is 10.1. The highest BCUT2D eigenvalue weighted by Crippen LogP contribution is 2.34. The molecule has 0 bridgehead atoms. The van der Waals surface area contributed by atoms with E-state index in [0.717, 1.165) is 11.3 Å². The standard InChI is InChI=1S/C25H24N2O4/c1-18-8-10-19(11-9-18)25(29)26-20-12-13-23-22(16-20)27(24(28)17-31-23)14-5-15-30-21-6-3-2-4-7-21/h2-4,6-13,16H,5,14-15,17H2,1H3,(H,26,29). The molecule has 0 saturated heterocycles. The number of para-hydroxylation sites is 1. The van der Waals surface area contributed by atoms with Crippen molar-refractivity contribution in [3.63, 3.8) is 0 Å². The Bertz CT molecular complexity index is 1060. The Balaban J connectivity index is 1.43. The van der Waals surface area contributed by atoms with Crippen molar-refractivity contribution in [1.29, 1.82) is 0 Å². The number of ether oxygens (including phenoxy) is 2. The summed E-state index contributed by atoms with van der Waals surface area (Å²) in [7, 11) is 0. The van der Waals surface area contributed by atoms with E-state index in [1.807, 2.05) is 49.4 Å². The second-order valence-corrected chi connectivity index (χ2v) is 7.35. The van der Waals surface area contributed by atoms with Crippen LogP contribution in [0.4, 0.5) is 11.4 Å². The number of aryl methyl sites for hydroxylation is 1. The van der Waals surface area contributed by atoms with Crippen LogP contribution in [0.25, 0.3) is 0 Å². The third kappa shape index (κ3) is 5.04. The van der Waals surface area contributed by atoms with Crippen LogP contribution in [0, 0.1) is 6.92 Å². The van der Waals surface area contributed by atoms with E-state index in [-0.39, 0.29) is 18.4 Å². The molecule has 1 aliphatic rings. The summed E-state index contributed by atoms with van der Waals surface area (Å²) in [5.41, 5.74) is 2.92. The number of rotatable bonds is 7. The van der Waals surface area contributed by atoms with Gasteiger partial charge in [0.15, 0.2) is 6.61 Å². The first kappa shape index (κ1) is 20.5. The van der Waals surface area contributed by atoms with Crippen molar-refractivity contribution in [3.05, 3.63) is 83.9 Å². The van der Waals surface area contributed by atoms with E-state index in [4.69, 9.17) is 9.47 Å². The van der Waals surface area contributed by atoms with Gasteiger partial charge in [0.1, 0.15) is 11.5 Å². The van der Waals surface area contributed by atoms with Crippen molar-refractivity contribution in [3.8, 4) is 11.5 Å². The van der Waals surface area contributed by atoms with E-state index in [0.29, 0.717) is 42.3 Å². The summed E-state index contributed by atoms with van der Waals surface area (Å²) in [5.74, 6) is 1.11. The number of amides is 2. The van der Waals surface area contributed by atoms with Crippen LogP contribution < -0.4 is 19.7 Å². The van der Waals surface area contributed by atoms with Crippen LogP contribution in [0.2, 0.25) is 0 Å². The van der Waals surface area contributed by atoms with Crippen LogP contribution >= 0.6 is 0 Å². The summed E-state index contributed by atoms with van der Waals surface area (Å²) in [6, 6.07) is 22.3. The fourth-order valence-corrected chi connectivity index (χ4v) is 3.36. The first-order chi connectivity index (χ1) is 15.1. The third-order valence-electron chi connectivity index (χ3n) is 5.01. The van der Waals surface area contributed by atoms with E-state index in [1.165, 1.54) is 0 Å². The zero-order valence-corrected chi connectivity index (χ0v) is 17.3. The third-order valence-corrected chi connectivity index (χ3v) is 5.01. The minimum Gasteiger partial charge on any atom is -0.494 e. The molecule has 6 nitrogen and oxygen atoms in total. The molecule has 3 aromatic carbocycles. The molecule has 1 aliphatic heterocycles. The number of hydrogen-bond acceptors (Lipinski definition) is 4. The molecule has 4 rings (SSSR count). The lowest BCUT2D eigenvalue weighted by molar-refractivity contribution is -0.121. The fourth-order valence-electron chi connectivity index (χ4n) is 3.36. The predicted molar refractivity (Wildman–Crippen MR) is 120 cm³/mol. The molecule has 1 N–H and O–H groups in total. The van der Waals surface area contributed by atoms with Gasteiger partial charge in [-0.05, 0) is 55.8 Å². The minimum absolute atomic E-state index is 0.00160. The molecule has 0 unspecified atom stereocenters. The largest absolute Gasteiger partial charge is 0.494 e. The smallest absolute Gasteiger partial charge is 0.265 e. The van der Waals surface area contributed by atoms with Crippen LogP contribution in [-0.4, -0.2) is 31.6 Å². The minimum atomic E-state index is -0.203. The first-order valence-electron chi connectivity index (χ1n) is 10.2. The van der Waals surface area contributed by atoms with Gasteiger partial charge in [-0.2, -0.15) is 0 Å². The van der Waals surface area contributed by atoms with Crippen LogP contribution in [0.1, 0.15) is 22.3 Å². The Morgan fingerprint density at radius 3 is 2.61 bits per heavy atom. The first-order valence-corrected chi connectivity index (χ1v) is 10.2. The number of nitrogens with zero attached hydrogens (tertiary/aromatic N) is 1. The van der Waals surface area contributed by atoms with E-state index in [2.05, 4.69) is 5.32 Å². The average Bonchev–Trinajstić information content (AvgIpc) is 2.79. The van der Waals surface area contributed by atoms with Gasteiger partial charge in [-0.15, -0.1) is 0 Å². The Labute approximate surface area is 181 Å². The lowest BCUT2D eigenvalue weighted by Crippen LogP contribution is -2.39. The molecule has 158 valence electrons. The van der Waals surface area contributed by atoms with Crippen molar-refractivity contribution < 1.29 is 19.1 Å². The van der Waals surface area contributed by atoms with Gasteiger partial charge in [0, 0.05) is 17.8 Å². The molecule has 0 fully saturated rings. The van der Waals surface area contributed by atoms with Gasteiger partial charge in [0.2, 0.25) is 0 Å². The maximum atomic E-state index is 12.5. The fraction of sp³-hybridized carbons (Fsp3) is 0.200. The van der Waals surface area contributed by atoms with Gasteiger partial charge in [-0.1, -0.05) is 35.9 Å². The highest BCUT2D eigenvalue weighted by Gasteiger charge is 2.25. The number of nitrogens with one attached hydrogen (secondary N) is 1. The van der Waals surface area contributed by atoms with Gasteiger partial charge >= 0.3 is 0 Å². The van der Waals surface area contributed by atoms with Crippen LogP contribution in [-0.2, 0) is 4.79 Å². The Morgan fingerprint density at radius 2 is 1.84 bits per heavy atom. The van der Waals surface area contributed by atoms with E-state index in [9.17, 15) is 9.59 Å². The number of carbonyl (C=O) groups excluding carboxylic acids is 2. The van der Waals surface area contributed by atoms with E-state index < -0.39 is 0 Å². The van der Waals surface area contributed by atoms with Crippen molar-refractivity contribution >= 4 is 23.2 Å². The second-order valence-electron chi connectivity index (χ2n) is 7.35. The molecule has 1 heterocycles. The highest BCUT2D eigenvalue weighted by molar-refractivity contribution is 6.05. The maximum Gasteiger partial charge on any atom is 0.265 e. The monoisotopic (exact) mass is 416 g/mol. The molecule has 31 heavy (non-hydrogen) atoms. The van der Waals surface area contributed by atoms with E-state index in [1.54, 1.807) is 35.2 Å². The van der Waals surface area contributed by atoms with Crippen LogP contribution in [0.3, 0.4) is 0 Å². The average molecular weight is 416 g/mol.